The SMILES string of the molecule is COCCN1C(=O)CC(CC(=O)N(C)CC(C)CN2CCCC2)(c2ccccc2F)C1=O. The van der Waals surface area contributed by atoms with Gasteiger partial charge in [0.05, 0.1) is 18.6 Å². The van der Waals surface area contributed by atoms with Gasteiger partial charge in [-0.3, -0.25) is 19.3 Å². The third-order valence-corrected chi connectivity index (χ3v) is 6.55. The van der Waals surface area contributed by atoms with E-state index in [1.165, 1.54) is 38.2 Å². The average Bonchev–Trinajstić information content (AvgIpc) is 3.33. The number of methoxy groups -OCH3 is 1. The molecule has 2 unspecified atom stereocenters. The third kappa shape index (κ3) is 5.18. The van der Waals surface area contributed by atoms with E-state index in [1.54, 1.807) is 18.0 Å². The highest BCUT2D eigenvalue weighted by Crippen LogP contribution is 2.41. The number of benzene rings is 1. The van der Waals surface area contributed by atoms with Crippen molar-refractivity contribution in [3.63, 3.8) is 0 Å². The summed E-state index contributed by atoms with van der Waals surface area (Å²) in [4.78, 5) is 44.4. The number of rotatable bonds is 10. The molecule has 2 heterocycles. The molecule has 3 rings (SSSR count). The van der Waals surface area contributed by atoms with Crippen LogP contribution in [0.1, 0.15) is 38.2 Å². The van der Waals surface area contributed by atoms with Gasteiger partial charge in [-0.05, 0) is 37.9 Å². The number of hydrogen-bond donors (Lipinski definition) is 0. The first-order valence-electron chi connectivity index (χ1n) is 11.3. The summed E-state index contributed by atoms with van der Waals surface area (Å²) in [6.45, 7) is 6.01. The Labute approximate surface area is 189 Å². The Hall–Kier alpha value is -2.32. The van der Waals surface area contributed by atoms with Gasteiger partial charge in [-0.15, -0.1) is 0 Å². The number of likely N-dealkylation sites (tertiary alicyclic amines) is 2. The first-order valence-corrected chi connectivity index (χ1v) is 11.3. The maximum absolute atomic E-state index is 14.8. The standard InChI is InChI=1S/C24H34FN3O4/c1-18(17-27-10-6-7-11-27)16-26(2)21(29)14-24(19-8-4-5-9-20(19)25)15-22(30)28(23(24)31)12-13-32-3/h4-5,8-9,18H,6-7,10-17H2,1-3H3. The van der Waals surface area contributed by atoms with Crippen LogP contribution in [0.15, 0.2) is 24.3 Å². The molecule has 1 aromatic carbocycles. The van der Waals surface area contributed by atoms with Crippen LogP contribution in [0.2, 0.25) is 0 Å². The number of hydrogen-bond acceptors (Lipinski definition) is 5. The Bertz CT molecular complexity index is 842. The zero-order valence-electron chi connectivity index (χ0n) is 19.3. The van der Waals surface area contributed by atoms with Crippen molar-refractivity contribution in [2.75, 3.05) is 53.5 Å². The molecule has 0 aliphatic carbocycles. The Balaban J connectivity index is 1.79. The molecular formula is C24H34FN3O4. The Morgan fingerprint density at radius 3 is 2.59 bits per heavy atom. The van der Waals surface area contributed by atoms with Crippen LogP contribution in [0.3, 0.4) is 0 Å². The lowest BCUT2D eigenvalue weighted by Crippen LogP contribution is -2.45. The molecule has 0 aromatic heterocycles. The summed E-state index contributed by atoms with van der Waals surface area (Å²) in [5, 5.41) is 0. The van der Waals surface area contributed by atoms with Gasteiger partial charge < -0.3 is 14.5 Å². The molecule has 0 saturated carbocycles. The molecule has 0 spiro atoms. The van der Waals surface area contributed by atoms with Gasteiger partial charge in [0, 0.05) is 45.7 Å². The van der Waals surface area contributed by atoms with Crippen molar-refractivity contribution in [1.29, 1.82) is 0 Å². The Morgan fingerprint density at radius 2 is 1.94 bits per heavy atom. The molecular weight excluding hydrogens is 413 g/mol. The van der Waals surface area contributed by atoms with Crippen molar-refractivity contribution in [3.8, 4) is 0 Å². The normalized spacial score (nSPS) is 22.6. The van der Waals surface area contributed by atoms with Gasteiger partial charge in [0.2, 0.25) is 17.7 Å². The summed E-state index contributed by atoms with van der Waals surface area (Å²) in [7, 11) is 3.19. The van der Waals surface area contributed by atoms with Crippen molar-refractivity contribution >= 4 is 17.7 Å². The van der Waals surface area contributed by atoms with Gasteiger partial charge in [-0.25, -0.2) is 4.39 Å². The van der Waals surface area contributed by atoms with Crippen LogP contribution in [-0.2, 0) is 24.5 Å². The first-order chi connectivity index (χ1) is 15.3. The summed E-state index contributed by atoms with van der Waals surface area (Å²) < 4.78 is 19.8. The highest BCUT2D eigenvalue weighted by molar-refractivity contribution is 6.10. The van der Waals surface area contributed by atoms with Gasteiger partial charge in [-0.1, -0.05) is 25.1 Å². The number of halogens is 1. The summed E-state index contributed by atoms with van der Waals surface area (Å²) in [6, 6.07) is 5.93. The molecule has 3 amide bonds. The maximum atomic E-state index is 14.8. The fraction of sp³-hybridized carbons (Fsp3) is 0.625. The lowest BCUT2D eigenvalue weighted by Gasteiger charge is -2.31. The second kappa shape index (κ2) is 10.5. The molecule has 176 valence electrons. The van der Waals surface area contributed by atoms with Gasteiger partial charge in [0.15, 0.2) is 0 Å². The predicted molar refractivity (Wildman–Crippen MR) is 118 cm³/mol. The lowest BCUT2D eigenvalue weighted by atomic mass is 9.75. The zero-order chi connectivity index (χ0) is 23.3. The molecule has 0 N–H and O–H groups in total. The molecule has 7 nitrogen and oxygen atoms in total. The molecule has 2 aliphatic rings. The van der Waals surface area contributed by atoms with Gasteiger partial charge in [0.25, 0.3) is 0 Å². The Morgan fingerprint density at radius 1 is 1.25 bits per heavy atom. The quantitative estimate of drug-likeness (QED) is 0.514. The molecule has 8 heteroatoms. The molecule has 2 fully saturated rings. The molecule has 2 saturated heterocycles. The predicted octanol–water partition coefficient (Wildman–Crippen LogP) is 2.05. The summed E-state index contributed by atoms with van der Waals surface area (Å²) in [6.07, 6.45) is 1.96. The van der Waals surface area contributed by atoms with E-state index in [4.69, 9.17) is 4.74 Å². The summed E-state index contributed by atoms with van der Waals surface area (Å²) >= 11 is 0. The molecule has 32 heavy (non-hydrogen) atoms. The van der Waals surface area contributed by atoms with E-state index in [0.717, 1.165) is 24.5 Å². The summed E-state index contributed by atoms with van der Waals surface area (Å²) in [5.41, 5.74) is -1.43. The van der Waals surface area contributed by atoms with Crippen LogP contribution in [0, 0.1) is 11.7 Å². The number of amides is 3. The Kier molecular flexibility index (Phi) is 8.00. The zero-order valence-corrected chi connectivity index (χ0v) is 19.3. The summed E-state index contributed by atoms with van der Waals surface area (Å²) in [5.74, 6) is -1.52. The fourth-order valence-corrected chi connectivity index (χ4v) is 4.93. The van der Waals surface area contributed by atoms with E-state index in [1.807, 2.05) is 0 Å². The van der Waals surface area contributed by atoms with Gasteiger partial charge >= 0.3 is 0 Å². The molecule has 0 radical (unpaired) electrons. The molecule has 2 aliphatic heterocycles. The second-order valence-corrected chi connectivity index (χ2v) is 9.15. The van der Waals surface area contributed by atoms with E-state index in [2.05, 4.69) is 11.8 Å². The maximum Gasteiger partial charge on any atom is 0.241 e. The van der Waals surface area contributed by atoms with Crippen LogP contribution >= 0.6 is 0 Å². The highest BCUT2D eigenvalue weighted by atomic mass is 19.1. The van der Waals surface area contributed by atoms with Crippen LogP contribution in [-0.4, -0.2) is 85.9 Å². The van der Waals surface area contributed by atoms with Gasteiger partial charge in [0.1, 0.15) is 5.82 Å². The van der Waals surface area contributed by atoms with Crippen LogP contribution in [0.25, 0.3) is 0 Å². The minimum atomic E-state index is -1.53. The van der Waals surface area contributed by atoms with Crippen LogP contribution in [0.5, 0.6) is 0 Å². The minimum Gasteiger partial charge on any atom is -0.383 e. The van der Waals surface area contributed by atoms with E-state index in [0.29, 0.717) is 6.54 Å². The lowest BCUT2D eigenvalue weighted by molar-refractivity contribution is -0.143. The third-order valence-electron chi connectivity index (χ3n) is 6.55. The second-order valence-electron chi connectivity index (χ2n) is 9.15. The van der Waals surface area contributed by atoms with Crippen molar-refractivity contribution in [2.45, 2.75) is 38.0 Å². The van der Waals surface area contributed by atoms with E-state index in [-0.39, 0.29) is 43.4 Å². The molecule has 2 atom stereocenters. The average molecular weight is 448 g/mol. The van der Waals surface area contributed by atoms with Crippen molar-refractivity contribution in [3.05, 3.63) is 35.6 Å². The smallest absolute Gasteiger partial charge is 0.241 e. The number of carbonyl (C=O) groups excluding carboxylic acids is 3. The minimum absolute atomic E-state index is 0.0846. The van der Waals surface area contributed by atoms with Crippen molar-refractivity contribution < 1.29 is 23.5 Å². The van der Waals surface area contributed by atoms with Crippen LogP contribution < -0.4 is 0 Å². The number of ether oxygens (including phenoxy) is 1. The van der Waals surface area contributed by atoms with E-state index >= 15 is 0 Å². The van der Waals surface area contributed by atoms with E-state index < -0.39 is 23.0 Å². The molecule has 0 bridgehead atoms. The van der Waals surface area contributed by atoms with Crippen molar-refractivity contribution in [1.82, 2.24) is 14.7 Å². The first kappa shape index (κ1) is 24.3. The highest BCUT2D eigenvalue weighted by Gasteiger charge is 2.54. The number of nitrogens with zero attached hydrogens (tertiary/aromatic N) is 3. The van der Waals surface area contributed by atoms with E-state index in [9.17, 15) is 18.8 Å². The number of imide groups is 1. The monoisotopic (exact) mass is 447 g/mol. The molecule has 1 aromatic rings. The van der Waals surface area contributed by atoms with Crippen molar-refractivity contribution in [2.24, 2.45) is 5.92 Å². The largest absolute Gasteiger partial charge is 0.383 e. The van der Waals surface area contributed by atoms with Gasteiger partial charge in [-0.2, -0.15) is 0 Å². The topological polar surface area (TPSA) is 70.2 Å². The number of carbonyl (C=O) groups is 3. The van der Waals surface area contributed by atoms with Crippen LogP contribution in [0.4, 0.5) is 4.39 Å². The fourth-order valence-electron chi connectivity index (χ4n) is 4.93.